The predicted molar refractivity (Wildman–Crippen MR) is 58.9 cm³/mol. The minimum absolute atomic E-state index is 0.590. The summed E-state index contributed by atoms with van der Waals surface area (Å²) >= 11 is 0. The number of carboxylic acids is 1. The van der Waals surface area contributed by atoms with E-state index in [2.05, 4.69) is 4.74 Å². The van der Waals surface area contributed by atoms with Gasteiger partial charge in [-0.05, 0) is 6.92 Å². The molecule has 6 atom stereocenters. The zero-order valence-electron chi connectivity index (χ0n) is 10.2. The lowest BCUT2D eigenvalue weighted by molar-refractivity contribution is -0.226. The van der Waals surface area contributed by atoms with Crippen LogP contribution < -0.4 is 5.73 Å². The highest BCUT2D eigenvalue weighted by atomic mass is 16.6. The van der Waals surface area contributed by atoms with Gasteiger partial charge >= 0.3 is 11.9 Å². The average Bonchev–Trinajstić information content (AvgIpc) is 2.37. The maximum atomic E-state index is 11.6. The fourth-order valence-electron chi connectivity index (χ4n) is 1.57. The maximum absolute atomic E-state index is 11.6. The number of rotatable bonds is 4. The van der Waals surface area contributed by atoms with Crippen LogP contribution in [0.3, 0.4) is 0 Å². The highest BCUT2D eigenvalue weighted by molar-refractivity contribution is 5.77. The Kier molecular flexibility index (Phi) is 5.20. The number of nitrogens with two attached hydrogens (primary N) is 1. The summed E-state index contributed by atoms with van der Waals surface area (Å²) in [5, 5.41) is 37.0. The van der Waals surface area contributed by atoms with Crippen LogP contribution in [-0.4, -0.2) is 75.5 Å². The van der Waals surface area contributed by atoms with Crippen LogP contribution in [0, 0.1) is 0 Å². The number of carbonyl (C=O) groups is 2. The standard InChI is InChI=1S/C10H17NO8/c1-3-5(12)6(13)7(14)8(19-3)10(17)18-2-4(11)9(15)16/h3-8,12-14H,2,11H2,1H3,(H,15,16)/t3?,4?,5-,6+,7-,8?/m0/s1. The Bertz CT molecular complexity index is 348. The van der Waals surface area contributed by atoms with Gasteiger partial charge < -0.3 is 35.6 Å². The summed E-state index contributed by atoms with van der Waals surface area (Å²) in [6, 6.07) is -1.39. The summed E-state index contributed by atoms with van der Waals surface area (Å²) in [6.45, 7) is 0.816. The highest BCUT2D eigenvalue weighted by Gasteiger charge is 2.45. The van der Waals surface area contributed by atoms with Crippen molar-refractivity contribution in [3.63, 3.8) is 0 Å². The van der Waals surface area contributed by atoms with Crippen molar-refractivity contribution in [2.45, 2.75) is 43.5 Å². The molecule has 1 aliphatic rings. The molecule has 0 radical (unpaired) electrons. The molecule has 0 amide bonds. The number of hydrogen-bond donors (Lipinski definition) is 5. The van der Waals surface area contributed by atoms with Crippen molar-refractivity contribution in [3.8, 4) is 0 Å². The minimum Gasteiger partial charge on any atom is -0.480 e. The molecule has 0 aromatic heterocycles. The average molecular weight is 279 g/mol. The van der Waals surface area contributed by atoms with E-state index >= 15 is 0 Å². The molecule has 19 heavy (non-hydrogen) atoms. The van der Waals surface area contributed by atoms with Crippen molar-refractivity contribution < 1.29 is 39.5 Å². The molecule has 9 heteroatoms. The fourth-order valence-corrected chi connectivity index (χ4v) is 1.57. The van der Waals surface area contributed by atoms with E-state index in [1.165, 1.54) is 6.92 Å². The predicted octanol–water partition coefficient (Wildman–Crippen LogP) is -3.19. The molecule has 0 spiro atoms. The SMILES string of the molecule is CC1OC(C(=O)OCC(N)C(=O)O)[C@@H](O)[C@H](O)[C@H]1O. The molecule has 1 rings (SSSR count). The molecule has 1 heterocycles. The van der Waals surface area contributed by atoms with E-state index in [9.17, 15) is 24.9 Å². The van der Waals surface area contributed by atoms with E-state index in [1.807, 2.05) is 0 Å². The Morgan fingerprint density at radius 1 is 1.26 bits per heavy atom. The molecular weight excluding hydrogens is 262 g/mol. The van der Waals surface area contributed by atoms with Crippen LogP contribution in [0.5, 0.6) is 0 Å². The second-order valence-electron chi connectivity index (χ2n) is 4.31. The van der Waals surface area contributed by atoms with Gasteiger partial charge in [-0.25, -0.2) is 4.79 Å². The Balaban J connectivity index is 2.59. The van der Waals surface area contributed by atoms with Crippen molar-refractivity contribution in [1.29, 1.82) is 0 Å². The second kappa shape index (κ2) is 6.26. The third-order valence-corrected chi connectivity index (χ3v) is 2.81. The van der Waals surface area contributed by atoms with Crippen LogP contribution >= 0.6 is 0 Å². The number of aliphatic hydroxyl groups is 3. The molecule has 0 bridgehead atoms. The van der Waals surface area contributed by atoms with E-state index in [1.54, 1.807) is 0 Å². The Morgan fingerprint density at radius 2 is 1.84 bits per heavy atom. The van der Waals surface area contributed by atoms with Crippen molar-refractivity contribution in [2.75, 3.05) is 6.61 Å². The number of ether oxygens (including phenoxy) is 2. The summed E-state index contributed by atoms with van der Waals surface area (Å²) in [6.07, 6.45) is -6.95. The maximum Gasteiger partial charge on any atom is 0.338 e. The van der Waals surface area contributed by atoms with Gasteiger partial charge in [-0.15, -0.1) is 0 Å². The lowest BCUT2D eigenvalue weighted by atomic mass is 9.96. The quantitative estimate of drug-likeness (QED) is 0.334. The number of carbonyl (C=O) groups excluding carboxylic acids is 1. The zero-order chi connectivity index (χ0) is 14.7. The summed E-state index contributed by atoms with van der Waals surface area (Å²) in [4.78, 5) is 22.0. The first-order valence-electron chi connectivity index (χ1n) is 5.60. The molecule has 1 fully saturated rings. The Hall–Kier alpha value is -1.26. The van der Waals surface area contributed by atoms with Gasteiger partial charge in [0.05, 0.1) is 6.10 Å². The second-order valence-corrected chi connectivity index (χ2v) is 4.31. The summed E-state index contributed by atoms with van der Waals surface area (Å²) in [5.74, 6) is -2.40. The lowest BCUT2D eigenvalue weighted by Gasteiger charge is -2.38. The van der Waals surface area contributed by atoms with Crippen LogP contribution in [0.4, 0.5) is 0 Å². The van der Waals surface area contributed by atoms with Gasteiger partial charge in [0, 0.05) is 0 Å². The van der Waals surface area contributed by atoms with E-state index in [-0.39, 0.29) is 0 Å². The number of aliphatic carboxylic acids is 1. The summed E-state index contributed by atoms with van der Waals surface area (Å²) in [5.41, 5.74) is 5.14. The molecule has 110 valence electrons. The highest BCUT2D eigenvalue weighted by Crippen LogP contribution is 2.21. The molecular formula is C10H17NO8. The summed E-state index contributed by atoms with van der Waals surface area (Å²) < 4.78 is 9.60. The third-order valence-electron chi connectivity index (χ3n) is 2.81. The third kappa shape index (κ3) is 3.61. The van der Waals surface area contributed by atoms with Gasteiger partial charge in [-0.2, -0.15) is 0 Å². The van der Waals surface area contributed by atoms with Gasteiger partial charge in [-0.3, -0.25) is 4.79 Å². The van der Waals surface area contributed by atoms with Crippen molar-refractivity contribution in [3.05, 3.63) is 0 Å². The van der Waals surface area contributed by atoms with Gasteiger partial charge in [0.1, 0.15) is 31.0 Å². The van der Waals surface area contributed by atoms with E-state index in [0.29, 0.717) is 0 Å². The van der Waals surface area contributed by atoms with Crippen molar-refractivity contribution in [1.82, 2.24) is 0 Å². The topological polar surface area (TPSA) is 160 Å². The number of esters is 1. The smallest absolute Gasteiger partial charge is 0.338 e. The molecule has 6 N–H and O–H groups in total. The first kappa shape index (κ1) is 15.8. The number of hydrogen-bond acceptors (Lipinski definition) is 8. The molecule has 0 aliphatic carbocycles. The minimum atomic E-state index is -1.67. The van der Waals surface area contributed by atoms with Crippen LogP contribution in [0.25, 0.3) is 0 Å². The van der Waals surface area contributed by atoms with E-state index < -0.39 is 55.1 Å². The molecule has 0 saturated carbocycles. The fraction of sp³-hybridized carbons (Fsp3) is 0.800. The Morgan fingerprint density at radius 3 is 2.37 bits per heavy atom. The number of carboxylic acid groups (broad SMARTS) is 1. The van der Waals surface area contributed by atoms with Crippen LogP contribution in [-0.2, 0) is 19.1 Å². The first-order valence-corrected chi connectivity index (χ1v) is 5.60. The van der Waals surface area contributed by atoms with E-state index in [4.69, 9.17) is 15.6 Å². The monoisotopic (exact) mass is 279 g/mol. The normalized spacial score (nSPS) is 36.6. The molecule has 0 aromatic carbocycles. The van der Waals surface area contributed by atoms with Gasteiger partial charge in [0.25, 0.3) is 0 Å². The molecule has 0 aromatic rings. The van der Waals surface area contributed by atoms with Crippen LogP contribution in [0.2, 0.25) is 0 Å². The molecule has 3 unspecified atom stereocenters. The van der Waals surface area contributed by atoms with E-state index in [0.717, 1.165) is 0 Å². The lowest BCUT2D eigenvalue weighted by Crippen LogP contribution is -2.59. The van der Waals surface area contributed by atoms with Crippen molar-refractivity contribution in [2.24, 2.45) is 5.73 Å². The molecule has 1 aliphatic heterocycles. The molecule has 1 saturated heterocycles. The molecule has 9 nitrogen and oxygen atoms in total. The first-order chi connectivity index (χ1) is 8.75. The van der Waals surface area contributed by atoms with Crippen molar-refractivity contribution >= 4 is 11.9 Å². The number of aliphatic hydroxyl groups excluding tert-OH is 3. The Labute approximate surface area is 108 Å². The van der Waals surface area contributed by atoms with Gasteiger partial charge in [0.15, 0.2) is 6.10 Å². The summed E-state index contributed by atoms with van der Waals surface area (Å²) in [7, 11) is 0. The van der Waals surface area contributed by atoms with Gasteiger partial charge in [0.2, 0.25) is 0 Å². The van der Waals surface area contributed by atoms with Gasteiger partial charge in [-0.1, -0.05) is 0 Å². The zero-order valence-corrected chi connectivity index (χ0v) is 10.2. The van der Waals surface area contributed by atoms with Crippen LogP contribution in [0.15, 0.2) is 0 Å². The largest absolute Gasteiger partial charge is 0.480 e. The van der Waals surface area contributed by atoms with Crippen LogP contribution in [0.1, 0.15) is 6.92 Å².